The first-order valence-electron chi connectivity index (χ1n) is 14.3. The number of carbonyl (C=O) groups is 1. The van der Waals surface area contributed by atoms with Crippen molar-refractivity contribution in [1.82, 2.24) is 9.88 Å². The summed E-state index contributed by atoms with van der Waals surface area (Å²) in [6, 6.07) is 6.32. The molecule has 39 heavy (non-hydrogen) atoms. The lowest BCUT2D eigenvalue weighted by Crippen LogP contribution is -2.55. The van der Waals surface area contributed by atoms with Gasteiger partial charge in [-0.2, -0.15) is 11.8 Å². The molecule has 0 radical (unpaired) electrons. The number of anilines is 1. The highest BCUT2D eigenvalue weighted by Crippen LogP contribution is 2.44. The van der Waals surface area contributed by atoms with E-state index in [0.717, 1.165) is 79.9 Å². The molecule has 4 heterocycles. The number of carboxylic acids is 1. The van der Waals surface area contributed by atoms with Gasteiger partial charge >= 0.3 is 5.97 Å². The summed E-state index contributed by atoms with van der Waals surface area (Å²) >= 11 is 1.83. The van der Waals surface area contributed by atoms with Crippen LogP contribution in [0, 0.1) is 5.82 Å². The van der Waals surface area contributed by atoms with E-state index in [1.807, 2.05) is 16.7 Å². The second-order valence-corrected chi connectivity index (χ2v) is 12.3. The number of unbranched alkanes of at least 4 members (excludes halogenated alkanes) is 2. The van der Waals surface area contributed by atoms with Crippen molar-refractivity contribution in [3.05, 3.63) is 52.5 Å². The SMILES string of the molecule is COc1cc(CCCCCOC2CN(C(C(=O)O)c3cc(F)ccc3[C@@H]3CCCS3)C2)nc2c1CCC(C)N2. The molecule has 3 atom stereocenters. The monoisotopic (exact) mass is 557 g/mol. The number of ether oxygens (including phenoxy) is 2. The molecule has 2 saturated heterocycles. The predicted octanol–water partition coefficient (Wildman–Crippen LogP) is 5.78. The number of carboxylic acid groups (broad SMARTS) is 1. The number of halogens is 1. The van der Waals surface area contributed by atoms with Gasteiger partial charge in [0, 0.05) is 48.3 Å². The van der Waals surface area contributed by atoms with E-state index in [4.69, 9.17) is 14.5 Å². The number of rotatable bonds is 12. The number of thioether (sulfide) groups is 1. The van der Waals surface area contributed by atoms with Crippen molar-refractivity contribution < 1.29 is 23.8 Å². The van der Waals surface area contributed by atoms with E-state index in [1.54, 1.807) is 13.2 Å². The zero-order valence-corrected chi connectivity index (χ0v) is 23.8. The summed E-state index contributed by atoms with van der Waals surface area (Å²) < 4.78 is 25.8. The van der Waals surface area contributed by atoms with Crippen molar-refractivity contribution in [3.8, 4) is 5.75 Å². The van der Waals surface area contributed by atoms with Gasteiger partial charge in [-0.3, -0.25) is 9.69 Å². The van der Waals surface area contributed by atoms with Crippen molar-refractivity contribution in [1.29, 1.82) is 0 Å². The van der Waals surface area contributed by atoms with E-state index in [9.17, 15) is 14.3 Å². The van der Waals surface area contributed by atoms with Crippen LogP contribution in [-0.2, 0) is 22.4 Å². The summed E-state index contributed by atoms with van der Waals surface area (Å²) in [5.41, 5.74) is 3.79. The molecule has 2 aromatic rings. The Balaban J connectivity index is 1.06. The van der Waals surface area contributed by atoms with Crippen LogP contribution in [0.4, 0.5) is 10.2 Å². The van der Waals surface area contributed by atoms with Crippen LogP contribution < -0.4 is 10.1 Å². The van der Waals surface area contributed by atoms with Gasteiger partial charge in [0.25, 0.3) is 0 Å². The van der Waals surface area contributed by atoms with Gasteiger partial charge in [0.15, 0.2) is 0 Å². The lowest BCUT2D eigenvalue weighted by atomic mass is 9.93. The molecule has 2 N–H and O–H groups in total. The molecule has 3 aliphatic heterocycles. The minimum atomic E-state index is -0.930. The maximum absolute atomic E-state index is 14.2. The Kier molecular flexibility index (Phi) is 9.30. The van der Waals surface area contributed by atoms with E-state index in [-0.39, 0.29) is 17.2 Å². The molecule has 0 aliphatic carbocycles. The highest BCUT2D eigenvalue weighted by Gasteiger charge is 2.39. The molecule has 2 fully saturated rings. The molecule has 0 amide bonds. The summed E-state index contributed by atoms with van der Waals surface area (Å²) in [4.78, 5) is 19.0. The third kappa shape index (κ3) is 6.69. The van der Waals surface area contributed by atoms with E-state index in [1.165, 1.54) is 17.7 Å². The maximum atomic E-state index is 14.2. The Bertz CT molecular complexity index is 1150. The second-order valence-electron chi connectivity index (χ2n) is 11.0. The summed E-state index contributed by atoms with van der Waals surface area (Å²) in [7, 11) is 1.72. The molecule has 212 valence electrons. The van der Waals surface area contributed by atoms with Gasteiger partial charge in [0.2, 0.25) is 0 Å². The van der Waals surface area contributed by atoms with Crippen molar-refractivity contribution in [2.24, 2.45) is 0 Å². The maximum Gasteiger partial charge on any atom is 0.325 e. The number of hydrogen-bond donors (Lipinski definition) is 2. The average molecular weight is 558 g/mol. The van der Waals surface area contributed by atoms with Gasteiger partial charge in [-0.05, 0) is 80.9 Å². The summed E-state index contributed by atoms with van der Waals surface area (Å²) in [5.74, 6) is 1.65. The Labute approximate surface area is 234 Å². The Morgan fingerprint density at radius 2 is 2.10 bits per heavy atom. The standard InChI is InChI=1S/C30H40FN3O4S/c1-19-9-11-24-26(37-2)16-21(33-29(24)32-19)7-4-3-5-13-38-22-17-34(18-22)28(30(35)36)25-15-20(31)10-12-23(25)27-8-6-14-39-27/h10,12,15-16,19,22,27-28H,3-9,11,13-14,17-18H2,1-2H3,(H,32,33)(H,35,36)/t19?,27-,28?/m0/s1. The van der Waals surface area contributed by atoms with Crippen molar-refractivity contribution in [2.45, 2.75) is 81.7 Å². The first kappa shape index (κ1) is 28.2. The molecule has 0 spiro atoms. The van der Waals surface area contributed by atoms with Crippen LogP contribution in [0.5, 0.6) is 5.75 Å². The van der Waals surface area contributed by atoms with Crippen LogP contribution in [0.2, 0.25) is 0 Å². The van der Waals surface area contributed by atoms with Crippen LogP contribution in [-0.4, -0.2) is 65.7 Å². The van der Waals surface area contributed by atoms with E-state index in [0.29, 0.717) is 31.3 Å². The lowest BCUT2D eigenvalue weighted by Gasteiger charge is -2.43. The first-order chi connectivity index (χ1) is 18.9. The lowest BCUT2D eigenvalue weighted by molar-refractivity contribution is -0.151. The zero-order chi connectivity index (χ0) is 27.4. The number of likely N-dealkylation sites (tertiary alicyclic amines) is 1. The number of nitrogens with one attached hydrogen (secondary N) is 1. The van der Waals surface area contributed by atoms with E-state index in [2.05, 4.69) is 18.3 Å². The molecule has 1 aromatic heterocycles. The number of aliphatic carboxylic acids is 1. The Hall–Kier alpha value is -2.36. The fourth-order valence-corrected chi connectivity index (χ4v) is 7.29. The number of nitrogens with zero attached hydrogens (tertiary/aromatic N) is 2. The Morgan fingerprint density at radius 1 is 1.26 bits per heavy atom. The van der Waals surface area contributed by atoms with Gasteiger partial charge in [0.05, 0.1) is 13.2 Å². The van der Waals surface area contributed by atoms with Gasteiger partial charge < -0.3 is 19.9 Å². The molecule has 0 bridgehead atoms. The Morgan fingerprint density at radius 3 is 2.85 bits per heavy atom. The van der Waals surface area contributed by atoms with Crippen molar-refractivity contribution in [3.63, 3.8) is 0 Å². The largest absolute Gasteiger partial charge is 0.496 e. The molecule has 5 rings (SSSR count). The van der Waals surface area contributed by atoms with Gasteiger partial charge in [-0.1, -0.05) is 12.5 Å². The van der Waals surface area contributed by atoms with E-state index >= 15 is 0 Å². The summed E-state index contributed by atoms with van der Waals surface area (Å²) in [6.07, 6.45) is 8.11. The minimum absolute atomic E-state index is 0.0179. The average Bonchev–Trinajstić information content (AvgIpc) is 3.42. The number of hydrogen-bond acceptors (Lipinski definition) is 7. The molecular weight excluding hydrogens is 517 g/mol. The number of aromatic nitrogens is 1. The summed E-state index contributed by atoms with van der Waals surface area (Å²) in [5, 5.41) is 13.8. The quantitative estimate of drug-likeness (QED) is 0.318. The van der Waals surface area contributed by atoms with Crippen molar-refractivity contribution in [2.75, 3.05) is 37.9 Å². The number of pyridine rings is 1. The normalized spacial score (nSPS) is 22.1. The highest BCUT2D eigenvalue weighted by atomic mass is 32.2. The second kappa shape index (κ2) is 12.9. The molecular formula is C30H40FN3O4S. The molecule has 1 aromatic carbocycles. The molecule has 0 saturated carbocycles. The first-order valence-corrected chi connectivity index (χ1v) is 15.3. The highest BCUT2D eigenvalue weighted by molar-refractivity contribution is 7.99. The predicted molar refractivity (Wildman–Crippen MR) is 152 cm³/mol. The van der Waals surface area contributed by atoms with Crippen LogP contribution in [0.1, 0.15) is 79.1 Å². The molecule has 2 unspecified atom stereocenters. The number of aryl methyl sites for hydroxylation is 1. The van der Waals surface area contributed by atoms with Gasteiger partial charge in [-0.25, -0.2) is 9.37 Å². The van der Waals surface area contributed by atoms with E-state index < -0.39 is 12.0 Å². The van der Waals surface area contributed by atoms with Crippen LogP contribution in [0.15, 0.2) is 24.3 Å². The molecule has 3 aliphatic rings. The van der Waals surface area contributed by atoms with Crippen LogP contribution in [0.25, 0.3) is 0 Å². The minimum Gasteiger partial charge on any atom is -0.496 e. The third-order valence-corrected chi connectivity index (χ3v) is 9.51. The van der Waals surface area contributed by atoms with Gasteiger partial charge in [0.1, 0.15) is 23.4 Å². The number of fused-ring (bicyclic) bond motifs is 1. The number of benzene rings is 1. The summed E-state index contributed by atoms with van der Waals surface area (Å²) in [6.45, 7) is 3.94. The number of methoxy groups -OCH3 is 1. The van der Waals surface area contributed by atoms with Crippen LogP contribution in [0.3, 0.4) is 0 Å². The van der Waals surface area contributed by atoms with Gasteiger partial charge in [-0.15, -0.1) is 0 Å². The fraction of sp³-hybridized carbons (Fsp3) is 0.600. The van der Waals surface area contributed by atoms with Crippen molar-refractivity contribution >= 4 is 23.5 Å². The topological polar surface area (TPSA) is 83.9 Å². The fourth-order valence-electron chi connectivity index (χ4n) is 5.94. The smallest absolute Gasteiger partial charge is 0.325 e. The van der Waals surface area contributed by atoms with Crippen LogP contribution >= 0.6 is 11.8 Å². The zero-order valence-electron chi connectivity index (χ0n) is 23.0. The molecule has 7 nitrogen and oxygen atoms in total. The molecule has 9 heteroatoms. The third-order valence-electron chi connectivity index (χ3n) is 8.09.